The van der Waals surface area contributed by atoms with Crippen molar-refractivity contribution in [3.8, 4) is 28.4 Å². The Morgan fingerprint density at radius 3 is 2.24 bits per heavy atom. The van der Waals surface area contributed by atoms with Crippen molar-refractivity contribution in [2.45, 2.75) is 0 Å². The Kier molecular flexibility index (Phi) is 6.47. The van der Waals surface area contributed by atoms with E-state index in [0.29, 0.717) is 17.1 Å². The molecule has 0 saturated heterocycles. The average Bonchev–Trinajstić information content (AvgIpc) is 2.79. The van der Waals surface area contributed by atoms with Crippen molar-refractivity contribution in [1.29, 1.82) is 0 Å². The van der Waals surface area contributed by atoms with Gasteiger partial charge < -0.3 is 14.2 Å². The summed E-state index contributed by atoms with van der Waals surface area (Å²) < 4.78 is 15.7. The number of hydrazone groups is 1. The van der Waals surface area contributed by atoms with Crippen molar-refractivity contribution < 1.29 is 19.0 Å². The maximum atomic E-state index is 12.5. The normalized spacial score (nSPS) is 10.6. The Hall–Kier alpha value is -3.80. The summed E-state index contributed by atoms with van der Waals surface area (Å²) in [5.41, 5.74) is 5.71. The molecular weight excluding hydrogens is 368 g/mol. The highest BCUT2D eigenvalue weighted by atomic mass is 16.5. The molecule has 0 aliphatic heterocycles. The molecule has 148 valence electrons. The summed E-state index contributed by atoms with van der Waals surface area (Å²) in [6.45, 7) is 0. The Morgan fingerprint density at radius 1 is 0.828 bits per heavy atom. The van der Waals surface area contributed by atoms with Crippen molar-refractivity contribution in [2.75, 3.05) is 21.3 Å². The molecule has 0 aromatic heterocycles. The highest BCUT2D eigenvalue weighted by Gasteiger charge is 2.07. The van der Waals surface area contributed by atoms with Crippen LogP contribution in [0.25, 0.3) is 11.1 Å². The largest absolute Gasteiger partial charge is 0.497 e. The molecule has 0 aliphatic rings. The number of nitrogens with one attached hydrogen (secondary N) is 1. The second kappa shape index (κ2) is 9.41. The molecule has 1 N–H and O–H groups in total. The van der Waals surface area contributed by atoms with Gasteiger partial charge in [-0.15, -0.1) is 0 Å². The number of benzene rings is 3. The van der Waals surface area contributed by atoms with E-state index < -0.39 is 0 Å². The monoisotopic (exact) mass is 390 g/mol. The van der Waals surface area contributed by atoms with Gasteiger partial charge in [0, 0.05) is 17.2 Å². The Balaban J connectivity index is 1.72. The molecule has 0 atom stereocenters. The summed E-state index contributed by atoms with van der Waals surface area (Å²) in [5, 5.41) is 4.05. The van der Waals surface area contributed by atoms with Crippen molar-refractivity contribution in [1.82, 2.24) is 5.43 Å². The lowest BCUT2D eigenvalue weighted by Gasteiger charge is -2.07. The number of carbonyl (C=O) groups is 1. The molecule has 0 aliphatic carbocycles. The molecule has 0 unspecified atom stereocenters. The summed E-state index contributed by atoms with van der Waals surface area (Å²) >= 11 is 0. The Morgan fingerprint density at radius 2 is 1.55 bits per heavy atom. The quantitative estimate of drug-likeness (QED) is 0.486. The second-order valence-corrected chi connectivity index (χ2v) is 6.12. The average molecular weight is 390 g/mol. The van der Waals surface area contributed by atoms with Crippen LogP contribution in [0, 0.1) is 0 Å². The van der Waals surface area contributed by atoms with E-state index in [9.17, 15) is 4.79 Å². The zero-order valence-electron chi connectivity index (χ0n) is 16.5. The van der Waals surface area contributed by atoms with Gasteiger partial charge in [0.25, 0.3) is 5.91 Å². The number of nitrogens with zero attached hydrogens (tertiary/aromatic N) is 1. The third-order valence-electron chi connectivity index (χ3n) is 4.36. The smallest absolute Gasteiger partial charge is 0.271 e. The number of hydrogen-bond donors (Lipinski definition) is 1. The first-order chi connectivity index (χ1) is 14.1. The van der Waals surface area contributed by atoms with Gasteiger partial charge in [-0.25, -0.2) is 5.43 Å². The topological polar surface area (TPSA) is 69.2 Å². The third kappa shape index (κ3) is 4.93. The highest BCUT2D eigenvalue weighted by molar-refractivity contribution is 5.96. The molecule has 6 heteroatoms. The number of methoxy groups -OCH3 is 3. The zero-order valence-corrected chi connectivity index (χ0v) is 16.5. The van der Waals surface area contributed by atoms with E-state index >= 15 is 0 Å². The summed E-state index contributed by atoms with van der Waals surface area (Å²) in [5.74, 6) is 1.76. The van der Waals surface area contributed by atoms with Crippen molar-refractivity contribution >= 4 is 12.1 Å². The van der Waals surface area contributed by atoms with Crippen LogP contribution in [0.1, 0.15) is 15.9 Å². The molecule has 3 rings (SSSR count). The summed E-state index contributed by atoms with van der Waals surface area (Å²) in [4.78, 5) is 12.5. The number of amides is 1. The summed E-state index contributed by atoms with van der Waals surface area (Å²) in [7, 11) is 4.78. The van der Waals surface area contributed by atoms with Crippen LogP contribution >= 0.6 is 0 Å². The van der Waals surface area contributed by atoms with E-state index in [1.54, 1.807) is 45.6 Å². The van der Waals surface area contributed by atoms with Crippen LogP contribution in [-0.4, -0.2) is 33.5 Å². The van der Waals surface area contributed by atoms with Crippen LogP contribution in [0.3, 0.4) is 0 Å². The molecule has 0 radical (unpaired) electrons. The minimum Gasteiger partial charge on any atom is -0.497 e. The first-order valence-corrected chi connectivity index (χ1v) is 8.94. The fourth-order valence-electron chi connectivity index (χ4n) is 2.77. The lowest BCUT2D eigenvalue weighted by Crippen LogP contribution is -2.17. The molecule has 3 aromatic carbocycles. The summed E-state index contributed by atoms with van der Waals surface area (Å²) in [6.07, 6.45) is 1.53. The molecule has 29 heavy (non-hydrogen) atoms. The lowest BCUT2D eigenvalue weighted by molar-refractivity contribution is 0.0955. The number of carbonyl (C=O) groups excluding carboxylic acids is 1. The van der Waals surface area contributed by atoms with Gasteiger partial charge in [-0.3, -0.25) is 4.79 Å². The van der Waals surface area contributed by atoms with Gasteiger partial charge in [-0.1, -0.05) is 24.3 Å². The van der Waals surface area contributed by atoms with Crippen molar-refractivity contribution in [2.24, 2.45) is 5.10 Å². The first kappa shape index (κ1) is 19.9. The van der Waals surface area contributed by atoms with Crippen molar-refractivity contribution in [3.63, 3.8) is 0 Å². The Bertz CT molecular complexity index is 1010. The molecule has 0 bridgehead atoms. The SMILES string of the molecule is COc1ccc(-c2cccc(C(=O)NN=Cc3ccc(OC)cc3OC)c2)cc1. The van der Waals surface area contributed by atoms with E-state index in [1.165, 1.54) is 6.21 Å². The molecule has 0 fully saturated rings. The fraction of sp³-hybridized carbons (Fsp3) is 0.130. The molecule has 0 heterocycles. The highest BCUT2D eigenvalue weighted by Crippen LogP contribution is 2.24. The zero-order chi connectivity index (χ0) is 20.6. The standard InChI is InChI=1S/C23H22N2O4/c1-27-20-10-7-16(8-11-20)17-5-4-6-18(13-17)23(26)25-24-15-19-9-12-21(28-2)14-22(19)29-3/h4-15H,1-3H3,(H,25,26). The van der Waals surface area contributed by atoms with E-state index in [2.05, 4.69) is 10.5 Å². The minimum absolute atomic E-state index is 0.302. The van der Waals surface area contributed by atoms with Gasteiger partial charge >= 0.3 is 0 Å². The first-order valence-electron chi connectivity index (χ1n) is 8.94. The molecule has 0 saturated carbocycles. The molecule has 6 nitrogen and oxygen atoms in total. The molecule has 1 amide bonds. The maximum Gasteiger partial charge on any atom is 0.271 e. The van der Waals surface area contributed by atoms with Crippen LogP contribution in [0.15, 0.2) is 71.8 Å². The van der Waals surface area contributed by atoms with Crippen LogP contribution < -0.4 is 19.6 Å². The van der Waals surface area contributed by atoms with Crippen molar-refractivity contribution in [3.05, 3.63) is 77.9 Å². The molecule has 3 aromatic rings. The third-order valence-corrected chi connectivity index (χ3v) is 4.36. The molecule has 0 spiro atoms. The predicted octanol–water partition coefficient (Wildman–Crippen LogP) is 4.14. The van der Waals surface area contributed by atoms with Crippen LogP contribution in [0.5, 0.6) is 17.2 Å². The number of hydrogen-bond acceptors (Lipinski definition) is 5. The van der Waals surface area contributed by atoms with Crippen LogP contribution in [0.2, 0.25) is 0 Å². The van der Waals surface area contributed by atoms with E-state index in [1.807, 2.05) is 42.5 Å². The van der Waals surface area contributed by atoms with E-state index in [0.717, 1.165) is 22.4 Å². The van der Waals surface area contributed by atoms with E-state index in [-0.39, 0.29) is 5.91 Å². The number of ether oxygens (including phenoxy) is 3. The predicted molar refractivity (Wildman–Crippen MR) is 113 cm³/mol. The van der Waals surface area contributed by atoms with Gasteiger partial charge in [0.2, 0.25) is 0 Å². The second-order valence-electron chi connectivity index (χ2n) is 6.12. The lowest BCUT2D eigenvalue weighted by atomic mass is 10.0. The fourth-order valence-corrected chi connectivity index (χ4v) is 2.77. The van der Waals surface area contributed by atoms with Crippen LogP contribution in [0.4, 0.5) is 0 Å². The van der Waals surface area contributed by atoms with Crippen LogP contribution in [-0.2, 0) is 0 Å². The summed E-state index contributed by atoms with van der Waals surface area (Å²) in [6, 6.07) is 20.4. The molecular formula is C23H22N2O4. The van der Waals surface area contributed by atoms with Gasteiger partial charge in [0.05, 0.1) is 27.5 Å². The minimum atomic E-state index is -0.302. The van der Waals surface area contributed by atoms with Gasteiger partial charge in [0.1, 0.15) is 17.2 Å². The van der Waals surface area contributed by atoms with Gasteiger partial charge in [-0.05, 0) is 47.5 Å². The maximum absolute atomic E-state index is 12.5. The number of rotatable bonds is 7. The van der Waals surface area contributed by atoms with E-state index in [4.69, 9.17) is 14.2 Å². The van der Waals surface area contributed by atoms with Gasteiger partial charge in [-0.2, -0.15) is 5.10 Å². The van der Waals surface area contributed by atoms with Gasteiger partial charge in [0.15, 0.2) is 0 Å². The Labute approximate surface area is 169 Å².